The maximum absolute atomic E-state index is 4.98. The molecule has 1 heterocycles. The van der Waals surface area contributed by atoms with Crippen molar-refractivity contribution in [1.82, 2.24) is 5.32 Å². The van der Waals surface area contributed by atoms with Gasteiger partial charge in [0, 0.05) is 34.4 Å². The second-order valence-corrected chi connectivity index (χ2v) is 6.34. The first-order chi connectivity index (χ1) is 9.79. The summed E-state index contributed by atoms with van der Waals surface area (Å²) in [6.07, 6.45) is 4.30. The van der Waals surface area contributed by atoms with Crippen LogP contribution < -0.4 is 5.32 Å². The molecule has 2 rings (SSSR count). The highest BCUT2D eigenvalue weighted by Gasteiger charge is 2.01. The van der Waals surface area contributed by atoms with Gasteiger partial charge in [-0.3, -0.25) is 0 Å². The molecule has 0 spiro atoms. The minimum absolute atomic E-state index is 0.750. The summed E-state index contributed by atoms with van der Waals surface area (Å²) in [6, 6.07) is 12.7. The number of thiophene rings is 1. The van der Waals surface area contributed by atoms with E-state index in [9.17, 15) is 0 Å². The van der Waals surface area contributed by atoms with E-state index in [0.29, 0.717) is 0 Å². The summed E-state index contributed by atoms with van der Waals surface area (Å²) in [6.45, 7) is 2.50. The van der Waals surface area contributed by atoms with Crippen LogP contribution in [-0.2, 0) is 4.74 Å². The maximum Gasteiger partial charge on any atom is 0.0587 e. The number of halogens is 1. The van der Waals surface area contributed by atoms with Crippen molar-refractivity contribution in [1.29, 1.82) is 0 Å². The summed E-state index contributed by atoms with van der Waals surface area (Å²) in [5, 5.41) is 3.29. The highest BCUT2D eigenvalue weighted by Crippen LogP contribution is 2.30. The number of benzene rings is 1. The lowest BCUT2D eigenvalue weighted by molar-refractivity contribution is 0.200. The molecule has 1 N–H and O–H groups in total. The lowest BCUT2D eigenvalue weighted by Crippen LogP contribution is -2.18. The minimum atomic E-state index is 0.750. The van der Waals surface area contributed by atoms with E-state index >= 15 is 0 Å². The molecule has 0 aliphatic heterocycles. The standard InChI is InChI=1S/C16H18BrNOS/c1-19-11-10-18-9-3-6-15-7-8-16(20-15)13-4-2-5-14(17)12-13/h2-8,12,18H,9-11H2,1H3. The fourth-order valence-corrected chi connectivity index (χ4v) is 3.11. The van der Waals surface area contributed by atoms with E-state index in [2.05, 4.69) is 63.7 Å². The molecule has 2 nitrogen and oxygen atoms in total. The molecule has 0 amide bonds. The molecule has 0 saturated carbocycles. The smallest absolute Gasteiger partial charge is 0.0587 e. The van der Waals surface area contributed by atoms with Crippen molar-refractivity contribution in [3.63, 3.8) is 0 Å². The second-order valence-electron chi connectivity index (χ2n) is 4.31. The monoisotopic (exact) mass is 351 g/mol. The molecule has 0 aliphatic rings. The van der Waals surface area contributed by atoms with Crippen LogP contribution in [0, 0.1) is 0 Å². The van der Waals surface area contributed by atoms with Crippen molar-refractivity contribution in [3.05, 3.63) is 51.8 Å². The van der Waals surface area contributed by atoms with E-state index in [0.717, 1.165) is 24.2 Å². The minimum Gasteiger partial charge on any atom is -0.383 e. The Balaban J connectivity index is 1.90. The first-order valence-corrected chi connectivity index (χ1v) is 8.12. The fraction of sp³-hybridized carbons (Fsp3) is 0.250. The van der Waals surface area contributed by atoms with Gasteiger partial charge in [0.1, 0.15) is 0 Å². The first-order valence-electron chi connectivity index (χ1n) is 6.51. The van der Waals surface area contributed by atoms with Crippen LogP contribution in [0.5, 0.6) is 0 Å². The lowest BCUT2D eigenvalue weighted by Gasteiger charge is -1.98. The highest BCUT2D eigenvalue weighted by molar-refractivity contribution is 9.10. The number of hydrogen-bond donors (Lipinski definition) is 1. The van der Waals surface area contributed by atoms with Crippen LogP contribution in [-0.4, -0.2) is 26.8 Å². The van der Waals surface area contributed by atoms with E-state index in [-0.39, 0.29) is 0 Å². The third-order valence-corrected chi connectivity index (χ3v) is 4.36. The third kappa shape index (κ3) is 4.87. The van der Waals surface area contributed by atoms with Crippen molar-refractivity contribution < 1.29 is 4.74 Å². The largest absolute Gasteiger partial charge is 0.383 e. The number of rotatable bonds is 7. The SMILES string of the molecule is COCCNCC=Cc1ccc(-c2cccc(Br)c2)s1. The van der Waals surface area contributed by atoms with Crippen LogP contribution in [0.2, 0.25) is 0 Å². The Kier molecular flexibility index (Phi) is 6.47. The van der Waals surface area contributed by atoms with Crippen LogP contribution in [0.15, 0.2) is 46.9 Å². The van der Waals surface area contributed by atoms with Crippen LogP contribution in [0.3, 0.4) is 0 Å². The Morgan fingerprint density at radius 2 is 2.20 bits per heavy atom. The molecule has 1 aromatic carbocycles. The molecule has 20 heavy (non-hydrogen) atoms. The summed E-state index contributed by atoms with van der Waals surface area (Å²) >= 11 is 5.31. The topological polar surface area (TPSA) is 21.3 Å². The molecule has 4 heteroatoms. The van der Waals surface area contributed by atoms with Crippen LogP contribution in [0.1, 0.15) is 4.88 Å². The number of methoxy groups -OCH3 is 1. The van der Waals surface area contributed by atoms with Gasteiger partial charge in [0.25, 0.3) is 0 Å². The average Bonchev–Trinajstić information content (AvgIpc) is 2.91. The number of ether oxygens (including phenoxy) is 1. The fourth-order valence-electron chi connectivity index (χ4n) is 1.77. The van der Waals surface area contributed by atoms with Crippen molar-refractivity contribution in [2.45, 2.75) is 0 Å². The molecule has 0 saturated heterocycles. The van der Waals surface area contributed by atoms with Crippen LogP contribution >= 0.6 is 27.3 Å². The average molecular weight is 352 g/mol. The molecular formula is C16H18BrNOS. The molecule has 0 unspecified atom stereocenters. The van der Waals surface area contributed by atoms with Crippen molar-refractivity contribution in [2.24, 2.45) is 0 Å². The van der Waals surface area contributed by atoms with E-state index in [4.69, 9.17) is 4.74 Å². The predicted octanol–water partition coefficient (Wildman–Crippen LogP) is 4.43. The molecular weight excluding hydrogens is 334 g/mol. The molecule has 0 atom stereocenters. The first kappa shape index (κ1) is 15.4. The van der Waals surface area contributed by atoms with Crippen molar-refractivity contribution in [3.8, 4) is 10.4 Å². The van der Waals surface area contributed by atoms with Gasteiger partial charge in [-0.25, -0.2) is 0 Å². The van der Waals surface area contributed by atoms with Gasteiger partial charge in [0.2, 0.25) is 0 Å². The van der Waals surface area contributed by atoms with Crippen molar-refractivity contribution >= 4 is 33.3 Å². The van der Waals surface area contributed by atoms with E-state index < -0.39 is 0 Å². The Labute approximate surface area is 132 Å². The summed E-state index contributed by atoms with van der Waals surface area (Å²) < 4.78 is 6.09. The van der Waals surface area contributed by atoms with Gasteiger partial charge in [0.05, 0.1) is 6.61 Å². The zero-order chi connectivity index (χ0) is 14.2. The Morgan fingerprint density at radius 1 is 1.30 bits per heavy atom. The third-order valence-electron chi connectivity index (χ3n) is 2.76. The van der Waals surface area contributed by atoms with Gasteiger partial charge in [-0.05, 0) is 35.9 Å². The maximum atomic E-state index is 4.98. The quantitative estimate of drug-likeness (QED) is 0.745. The number of nitrogens with one attached hydrogen (secondary N) is 1. The highest BCUT2D eigenvalue weighted by atomic mass is 79.9. The molecule has 106 valence electrons. The zero-order valence-electron chi connectivity index (χ0n) is 11.4. The molecule has 1 aromatic heterocycles. The Hall–Kier alpha value is -0.940. The number of hydrogen-bond acceptors (Lipinski definition) is 3. The van der Waals surface area contributed by atoms with E-state index in [1.807, 2.05) is 6.07 Å². The van der Waals surface area contributed by atoms with E-state index in [1.165, 1.54) is 15.3 Å². The molecule has 0 bridgehead atoms. The summed E-state index contributed by atoms with van der Waals surface area (Å²) in [4.78, 5) is 2.56. The second kappa shape index (κ2) is 8.37. The summed E-state index contributed by atoms with van der Waals surface area (Å²) in [5.41, 5.74) is 1.25. The van der Waals surface area contributed by atoms with Gasteiger partial charge in [-0.2, -0.15) is 0 Å². The Bertz CT molecular complexity index is 565. The van der Waals surface area contributed by atoms with Gasteiger partial charge < -0.3 is 10.1 Å². The van der Waals surface area contributed by atoms with Gasteiger partial charge in [-0.15, -0.1) is 11.3 Å². The van der Waals surface area contributed by atoms with E-state index in [1.54, 1.807) is 18.4 Å². The molecule has 0 fully saturated rings. The zero-order valence-corrected chi connectivity index (χ0v) is 13.8. The van der Waals surface area contributed by atoms with Crippen LogP contribution in [0.25, 0.3) is 16.5 Å². The Morgan fingerprint density at radius 3 is 3.00 bits per heavy atom. The van der Waals surface area contributed by atoms with Gasteiger partial charge >= 0.3 is 0 Å². The molecule has 0 aliphatic carbocycles. The molecule has 2 aromatic rings. The normalized spacial score (nSPS) is 11.3. The summed E-state index contributed by atoms with van der Waals surface area (Å²) in [7, 11) is 1.71. The summed E-state index contributed by atoms with van der Waals surface area (Å²) in [5.74, 6) is 0. The lowest BCUT2D eigenvalue weighted by atomic mass is 10.2. The van der Waals surface area contributed by atoms with Gasteiger partial charge in [-0.1, -0.05) is 34.1 Å². The van der Waals surface area contributed by atoms with Crippen LogP contribution in [0.4, 0.5) is 0 Å². The van der Waals surface area contributed by atoms with Crippen molar-refractivity contribution in [2.75, 3.05) is 26.8 Å². The predicted molar refractivity (Wildman–Crippen MR) is 91.2 cm³/mol. The van der Waals surface area contributed by atoms with Gasteiger partial charge in [0.15, 0.2) is 0 Å². The molecule has 0 radical (unpaired) electrons.